The molecule has 4 aromatic heterocycles. The zero-order chi connectivity index (χ0) is 42.0. The Kier molecular flexibility index (Phi) is 16.7. The van der Waals surface area contributed by atoms with Crippen molar-refractivity contribution < 1.29 is 56.9 Å². The SMILES string of the molecule is CS(=O)(=O)CCN(Cc1ccc(-c2ccc3nc[nH]c(=O)c3c2)o1)C(=O)C(F)(F)F.CS(=O)(=O)CCNCc1ccc(-c2ccc3nc[nH]c(=O)c3c2)o1.I[I-]I. The monoisotopic (exact) mass is 1170 g/mol. The Morgan fingerprint density at radius 1 is 0.789 bits per heavy atom. The first kappa shape index (κ1) is 46.3. The Balaban J connectivity index is 0.000000241. The summed E-state index contributed by atoms with van der Waals surface area (Å²) >= 11 is 5.30. The minimum absolute atomic E-state index is 0.0243. The van der Waals surface area contributed by atoms with Crippen molar-refractivity contribution in [2.45, 2.75) is 19.3 Å². The van der Waals surface area contributed by atoms with Gasteiger partial charge in [-0.05, 0) is 60.7 Å². The molecule has 1 amide bonds. The van der Waals surface area contributed by atoms with Crippen LogP contribution in [0.1, 0.15) is 11.5 Å². The molecule has 0 aliphatic carbocycles. The van der Waals surface area contributed by atoms with Crippen molar-refractivity contribution in [1.29, 1.82) is 0 Å². The number of aromatic nitrogens is 4. The van der Waals surface area contributed by atoms with Crippen molar-refractivity contribution in [3.8, 4) is 22.6 Å². The number of aromatic amines is 2. The standard InChI is InChI=1S/C18H16F3N3O5S.C16H17N3O4S.I3/c1-30(27,28)7-6-24(17(26)18(19,20)21)9-12-3-5-15(29-12)11-2-4-14-13(8-11)16(25)23-10-22-14;1-24(21,22)7-6-17-9-12-3-5-15(23-12)11-2-4-14-13(8-11)16(20)19-10-18-14;1-3-2/h2-5,8,10H,6-7,9H2,1H3,(H,22,23,25);2-5,8,10,17H,6-7,9H2,1H3,(H,18,19,20);/q;;-1. The number of nitrogens with one attached hydrogen (secondary N) is 3. The average Bonchev–Trinajstić information content (AvgIpc) is 3.82. The van der Waals surface area contributed by atoms with E-state index < -0.39 is 50.6 Å². The van der Waals surface area contributed by atoms with Crippen LogP contribution in [0.25, 0.3) is 44.5 Å². The van der Waals surface area contributed by atoms with Crippen LogP contribution in [-0.2, 0) is 37.6 Å². The Bertz CT molecular complexity index is 2670. The number of benzene rings is 2. The van der Waals surface area contributed by atoms with Gasteiger partial charge in [0.15, 0.2) is 0 Å². The zero-order valence-corrected chi connectivity index (χ0v) is 37.9. The summed E-state index contributed by atoms with van der Waals surface area (Å²) in [5, 5.41) is 3.82. The summed E-state index contributed by atoms with van der Waals surface area (Å²) in [6, 6.07) is 16.6. The summed E-state index contributed by atoms with van der Waals surface area (Å²) in [6.45, 7) is -0.398. The molecular weight excluding hydrogens is 1140 g/mol. The fourth-order valence-corrected chi connectivity index (χ4v) is 6.12. The van der Waals surface area contributed by atoms with Crippen LogP contribution in [0.15, 0.2) is 91.7 Å². The molecule has 0 atom stereocenters. The molecule has 6 rings (SSSR count). The number of nitrogens with zero attached hydrogens (tertiary/aromatic N) is 3. The number of furan rings is 2. The molecule has 0 radical (unpaired) electrons. The van der Waals surface area contributed by atoms with Gasteiger partial charge in [-0.25, -0.2) is 26.8 Å². The summed E-state index contributed by atoms with van der Waals surface area (Å²) in [7, 11) is -6.56. The number of carbonyl (C=O) groups excluding carboxylic acids is 1. The van der Waals surface area contributed by atoms with Gasteiger partial charge < -0.3 is 29.0 Å². The molecule has 3 N–H and O–H groups in total. The number of fused-ring (bicyclic) bond motifs is 2. The van der Waals surface area contributed by atoms with Gasteiger partial charge in [0.25, 0.3) is 11.1 Å². The molecule has 0 saturated carbocycles. The van der Waals surface area contributed by atoms with Gasteiger partial charge in [-0.15, -0.1) is 0 Å². The molecule has 15 nitrogen and oxygen atoms in total. The van der Waals surface area contributed by atoms with Gasteiger partial charge in [0.1, 0.15) is 42.7 Å². The number of amides is 1. The van der Waals surface area contributed by atoms with Gasteiger partial charge in [0, 0.05) is 36.7 Å². The predicted molar refractivity (Wildman–Crippen MR) is 221 cm³/mol. The predicted octanol–water partition coefficient (Wildman–Crippen LogP) is 2.21. The average molecular weight is 1170 g/mol. The number of hydrogen-bond acceptors (Lipinski definition) is 12. The first-order valence-electron chi connectivity index (χ1n) is 16.2. The van der Waals surface area contributed by atoms with Gasteiger partial charge in [0.2, 0.25) is 0 Å². The molecule has 308 valence electrons. The molecule has 0 aliphatic heterocycles. The molecular formula is C34H33F3I3N6O9S2-. The molecule has 0 fully saturated rings. The molecule has 2 aromatic carbocycles. The van der Waals surface area contributed by atoms with Crippen molar-refractivity contribution in [3.63, 3.8) is 0 Å². The van der Waals surface area contributed by atoms with Gasteiger partial charge in [-0.1, -0.05) is 0 Å². The Morgan fingerprint density at radius 3 is 1.74 bits per heavy atom. The third kappa shape index (κ3) is 14.4. The second kappa shape index (κ2) is 20.5. The number of carbonyl (C=O) groups is 1. The van der Waals surface area contributed by atoms with E-state index in [0.29, 0.717) is 70.1 Å². The van der Waals surface area contributed by atoms with Crippen molar-refractivity contribution >= 4 is 84.6 Å². The van der Waals surface area contributed by atoms with E-state index in [1.807, 2.05) is 18.2 Å². The number of sulfone groups is 2. The van der Waals surface area contributed by atoms with Gasteiger partial charge in [-0.3, -0.25) is 14.4 Å². The maximum absolute atomic E-state index is 12.9. The van der Waals surface area contributed by atoms with Crippen molar-refractivity contribution in [3.05, 3.63) is 106 Å². The number of hydrogen-bond donors (Lipinski definition) is 3. The van der Waals surface area contributed by atoms with Crippen LogP contribution in [0.2, 0.25) is 0 Å². The van der Waals surface area contributed by atoms with Crippen molar-refractivity contribution in [2.24, 2.45) is 0 Å². The van der Waals surface area contributed by atoms with Gasteiger partial charge in [-0.2, -0.15) is 13.2 Å². The summed E-state index contributed by atoms with van der Waals surface area (Å²) in [5.74, 6) is -1.08. The van der Waals surface area contributed by atoms with Crippen LogP contribution in [-0.4, -0.2) is 90.9 Å². The molecule has 0 saturated heterocycles. The molecule has 57 heavy (non-hydrogen) atoms. The van der Waals surface area contributed by atoms with E-state index in [-0.39, 0.29) is 28.4 Å². The fourth-order valence-electron chi connectivity index (χ4n) is 5.05. The van der Waals surface area contributed by atoms with E-state index >= 15 is 0 Å². The molecule has 23 heteroatoms. The molecule has 4 heterocycles. The molecule has 6 aromatic rings. The third-order valence-electron chi connectivity index (χ3n) is 7.73. The Morgan fingerprint density at radius 2 is 1.26 bits per heavy atom. The summed E-state index contributed by atoms with van der Waals surface area (Å²) < 4.78 is 94.6. The van der Waals surface area contributed by atoms with Crippen molar-refractivity contribution in [1.82, 2.24) is 30.2 Å². The van der Waals surface area contributed by atoms with E-state index in [4.69, 9.17) is 8.83 Å². The van der Waals surface area contributed by atoms with Gasteiger partial charge >= 0.3 is 62.6 Å². The Hall–Kier alpha value is -3.41. The quantitative estimate of drug-likeness (QED) is 0.119. The number of alkyl halides is 3. The van der Waals surface area contributed by atoms with Gasteiger partial charge in [0.05, 0.1) is 59.1 Å². The van der Waals surface area contributed by atoms with E-state index in [9.17, 15) is 44.4 Å². The summed E-state index contributed by atoms with van der Waals surface area (Å²) in [6.07, 6.45) is -0.449. The summed E-state index contributed by atoms with van der Waals surface area (Å²) in [5.41, 5.74) is 1.78. The number of H-pyrrole nitrogens is 2. The molecule has 0 spiro atoms. The topological polar surface area (TPSA) is 218 Å². The van der Waals surface area contributed by atoms with E-state index in [0.717, 1.165) is 11.8 Å². The minimum atomic E-state index is -5.15. The fraction of sp³-hybridized carbons (Fsp3) is 0.265. The van der Waals surface area contributed by atoms with Crippen LogP contribution in [0, 0.1) is 0 Å². The molecule has 0 unspecified atom stereocenters. The van der Waals surface area contributed by atoms with Crippen LogP contribution in [0.3, 0.4) is 0 Å². The van der Waals surface area contributed by atoms with Crippen LogP contribution in [0.4, 0.5) is 13.2 Å². The van der Waals surface area contributed by atoms with Crippen LogP contribution in [0.5, 0.6) is 0 Å². The normalized spacial score (nSPS) is 11.8. The van der Waals surface area contributed by atoms with Crippen molar-refractivity contribution in [2.75, 3.05) is 37.1 Å². The first-order valence-corrected chi connectivity index (χ1v) is 32.9. The number of halogens is 6. The first-order chi connectivity index (χ1) is 26.8. The van der Waals surface area contributed by atoms with Crippen LogP contribution < -0.4 is 29.7 Å². The maximum atomic E-state index is 12.9. The second-order valence-corrected chi connectivity index (χ2v) is 32.9. The number of rotatable bonds is 12. The zero-order valence-electron chi connectivity index (χ0n) is 29.8. The second-order valence-electron chi connectivity index (χ2n) is 12.2. The van der Waals surface area contributed by atoms with E-state index in [1.54, 1.807) is 24.3 Å². The van der Waals surface area contributed by atoms with Crippen LogP contribution >= 0.6 is 37.2 Å². The van der Waals surface area contributed by atoms with E-state index in [2.05, 4.69) is 62.5 Å². The van der Waals surface area contributed by atoms with E-state index in [1.165, 1.54) is 37.1 Å². The Labute approximate surface area is 353 Å². The summed E-state index contributed by atoms with van der Waals surface area (Å²) in [4.78, 5) is 48.9. The molecule has 0 bridgehead atoms. The third-order valence-corrected chi connectivity index (χ3v) is 9.60. The molecule has 0 aliphatic rings.